The molecule has 1 saturated carbocycles. The number of carbonyl (C=O) groups excluding carboxylic acids is 3. The molecule has 4 N–H and O–H groups in total. The van der Waals surface area contributed by atoms with E-state index in [0.29, 0.717) is 17.6 Å². The second-order valence-electron chi connectivity index (χ2n) is 15.9. The second kappa shape index (κ2) is 16.3. The van der Waals surface area contributed by atoms with Gasteiger partial charge in [0.25, 0.3) is 0 Å². The number of aliphatic hydroxyl groups excluding tert-OH is 1. The van der Waals surface area contributed by atoms with Gasteiger partial charge in [0.2, 0.25) is 17.7 Å². The number of likely N-dealkylation sites (tertiary alicyclic amines) is 2. The van der Waals surface area contributed by atoms with Crippen molar-refractivity contribution in [3.05, 3.63) is 30.3 Å². The standard InChI is InChI=1S/C36H59N5O4S/c1-35(2,3)32(38-31(43)23-40-18-12-13-19-40)34(45)37-28(24-46-27-16-8-7-9-17-27)30(42)22-41-21-26-15-11-10-14-25(26)20-29(41)33(44)39-36(4,5)6/h7-9,16-17,25-26,28-30,32,42H,10-15,18-24H2,1-6H3,(H,37,45)(H,38,43)(H,39,44)/t25-,26+,28-,29-,30+,32+/m0/s1. The van der Waals surface area contributed by atoms with Crippen LogP contribution in [0.25, 0.3) is 0 Å². The number of hydrogen-bond donors (Lipinski definition) is 4. The average molecular weight is 658 g/mol. The van der Waals surface area contributed by atoms with Gasteiger partial charge in [-0.2, -0.15) is 0 Å². The first-order valence-corrected chi connectivity index (χ1v) is 18.4. The van der Waals surface area contributed by atoms with Gasteiger partial charge in [0.1, 0.15) is 6.04 Å². The quantitative estimate of drug-likeness (QED) is 0.251. The molecule has 2 saturated heterocycles. The summed E-state index contributed by atoms with van der Waals surface area (Å²) < 4.78 is 0. The van der Waals surface area contributed by atoms with Crippen LogP contribution < -0.4 is 16.0 Å². The molecule has 1 aromatic rings. The Morgan fingerprint density at radius 3 is 2.22 bits per heavy atom. The van der Waals surface area contributed by atoms with Gasteiger partial charge in [0.05, 0.1) is 24.7 Å². The van der Waals surface area contributed by atoms with Crippen molar-refractivity contribution in [1.29, 1.82) is 0 Å². The molecule has 0 bridgehead atoms. The SMILES string of the molecule is CC(C)(C)NC(=O)[C@@H]1C[C@@H]2CCCC[C@@H]2CN1C[C@@H](O)[C@H](CSc1ccccc1)NC(=O)[C@@H](NC(=O)CN1CCCC1)C(C)(C)C. The molecule has 9 nitrogen and oxygen atoms in total. The van der Waals surface area contributed by atoms with Crippen LogP contribution in [0.5, 0.6) is 0 Å². The zero-order valence-corrected chi connectivity index (χ0v) is 29.8. The molecule has 46 heavy (non-hydrogen) atoms. The van der Waals surface area contributed by atoms with Crippen LogP contribution in [0.2, 0.25) is 0 Å². The molecule has 3 fully saturated rings. The maximum atomic E-state index is 14.0. The molecule has 6 atom stereocenters. The second-order valence-corrected chi connectivity index (χ2v) is 17.0. The Balaban J connectivity index is 1.51. The first-order valence-electron chi connectivity index (χ1n) is 17.4. The van der Waals surface area contributed by atoms with Crippen molar-refractivity contribution in [2.45, 2.75) is 121 Å². The number of nitrogens with zero attached hydrogens (tertiary/aromatic N) is 2. The highest BCUT2D eigenvalue weighted by atomic mass is 32.2. The lowest BCUT2D eigenvalue weighted by atomic mass is 9.72. The highest BCUT2D eigenvalue weighted by Crippen LogP contribution is 2.39. The minimum Gasteiger partial charge on any atom is -0.390 e. The zero-order chi connectivity index (χ0) is 33.5. The van der Waals surface area contributed by atoms with Crippen molar-refractivity contribution in [2.24, 2.45) is 17.3 Å². The highest BCUT2D eigenvalue weighted by Gasteiger charge is 2.42. The monoisotopic (exact) mass is 657 g/mol. The van der Waals surface area contributed by atoms with Crippen molar-refractivity contribution in [3.63, 3.8) is 0 Å². The van der Waals surface area contributed by atoms with E-state index >= 15 is 0 Å². The molecule has 2 heterocycles. The number of aliphatic hydroxyl groups is 1. The normalized spacial score (nSPS) is 24.8. The van der Waals surface area contributed by atoms with E-state index in [4.69, 9.17) is 0 Å². The predicted octanol–water partition coefficient (Wildman–Crippen LogP) is 4.05. The number of nitrogens with one attached hydrogen (secondary N) is 3. The number of piperidine rings is 1. The number of rotatable bonds is 12. The van der Waals surface area contributed by atoms with Gasteiger partial charge >= 0.3 is 0 Å². The summed E-state index contributed by atoms with van der Waals surface area (Å²) in [5.41, 5.74) is -0.888. The topological polar surface area (TPSA) is 114 Å². The zero-order valence-electron chi connectivity index (χ0n) is 29.0. The van der Waals surface area contributed by atoms with Crippen LogP contribution >= 0.6 is 11.8 Å². The van der Waals surface area contributed by atoms with Crippen molar-refractivity contribution < 1.29 is 19.5 Å². The van der Waals surface area contributed by atoms with E-state index in [-0.39, 0.29) is 42.4 Å². The minimum atomic E-state index is -0.911. The fourth-order valence-corrected chi connectivity index (χ4v) is 8.27. The van der Waals surface area contributed by atoms with Crippen LogP contribution in [0, 0.1) is 17.3 Å². The summed E-state index contributed by atoms with van der Waals surface area (Å²) in [5, 5.41) is 21.2. The number of β-amino-alcohol motifs (C(OH)–C–C–N with tert-alkyl or cyclic N) is 1. The molecular weight excluding hydrogens is 598 g/mol. The molecule has 10 heteroatoms. The number of fused-ring (bicyclic) bond motifs is 1. The molecule has 2 aliphatic heterocycles. The number of benzene rings is 1. The predicted molar refractivity (Wildman–Crippen MR) is 185 cm³/mol. The third-order valence-corrected chi connectivity index (χ3v) is 10.8. The minimum absolute atomic E-state index is 0.0106. The molecule has 0 unspecified atom stereocenters. The van der Waals surface area contributed by atoms with E-state index in [0.717, 1.165) is 56.6 Å². The van der Waals surface area contributed by atoms with E-state index in [1.807, 2.05) is 71.9 Å². The van der Waals surface area contributed by atoms with Crippen LogP contribution in [0.1, 0.15) is 86.5 Å². The Kier molecular flexibility index (Phi) is 13.0. The van der Waals surface area contributed by atoms with Gasteiger partial charge in [-0.25, -0.2) is 0 Å². The first kappa shape index (κ1) is 36.7. The van der Waals surface area contributed by atoms with E-state index in [1.165, 1.54) is 12.8 Å². The number of hydrogen-bond acceptors (Lipinski definition) is 7. The van der Waals surface area contributed by atoms with Crippen LogP contribution in [-0.4, -0.2) is 101 Å². The third-order valence-electron chi connectivity index (χ3n) is 9.69. The highest BCUT2D eigenvalue weighted by molar-refractivity contribution is 7.99. The van der Waals surface area contributed by atoms with Crippen LogP contribution in [0.4, 0.5) is 0 Å². The Hall–Kier alpha value is -2.14. The van der Waals surface area contributed by atoms with Crippen LogP contribution in [-0.2, 0) is 14.4 Å². The summed E-state index contributed by atoms with van der Waals surface area (Å²) in [4.78, 5) is 46.0. The Morgan fingerprint density at radius 1 is 0.935 bits per heavy atom. The summed E-state index contributed by atoms with van der Waals surface area (Å²) in [6, 6.07) is 8.29. The maximum Gasteiger partial charge on any atom is 0.243 e. The third kappa shape index (κ3) is 11.0. The molecule has 4 rings (SSSR count). The van der Waals surface area contributed by atoms with Gasteiger partial charge in [-0.3, -0.25) is 24.2 Å². The van der Waals surface area contributed by atoms with Gasteiger partial charge in [0, 0.05) is 29.3 Å². The average Bonchev–Trinajstić information content (AvgIpc) is 3.49. The van der Waals surface area contributed by atoms with Gasteiger partial charge in [-0.1, -0.05) is 58.2 Å². The van der Waals surface area contributed by atoms with Crippen LogP contribution in [0.3, 0.4) is 0 Å². The molecule has 3 amide bonds. The Labute approximate surface area is 281 Å². The molecular formula is C36H59N5O4S. The van der Waals surface area contributed by atoms with Crippen molar-refractivity contribution in [1.82, 2.24) is 25.8 Å². The molecule has 1 aromatic carbocycles. The Morgan fingerprint density at radius 2 is 1.59 bits per heavy atom. The van der Waals surface area contributed by atoms with E-state index in [9.17, 15) is 19.5 Å². The lowest BCUT2D eigenvalue weighted by Crippen LogP contribution is -2.62. The summed E-state index contributed by atoms with van der Waals surface area (Å²) in [7, 11) is 0. The first-order chi connectivity index (χ1) is 21.7. The maximum absolute atomic E-state index is 14.0. The molecule has 0 aromatic heterocycles. The number of carbonyl (C=O) groups is 3. The van der Waals surface area contributed by atoms with Gasteiger partial charge in [-0.05, 0) is 88.9 Å². The number of amides is 3. The summed E-state index contributed by atoms with van der Waals surface area (Å²) >= 11 is 1.58. The molecule has 1 aliphatic carbocycles. The fourth-order valence-electron chi connectivity index (χ4n) is 7.24. The van der Waals surface area contributed by atoms with Crippen LogP contribution in [0.15, 0.2) is 35.2 Å². The summed E-state index contributed by atoms with van der Waals surface area (Å²) in [5.74, 6) is 1.05. The van der Waals surface area contributed by atoms with E-state index in [1.54, 1.807) is 11.8 Å². The molecule has 0 spiro atoms. The molecule has 258 valence electrons. The molecule has 3 aliphatic rings. The van der Waals surface area contributed by atoms with Crippen molar-refractivity contribution in [3.8, 4) is 0 Å². The van der Waals surface area contributed by atoms with Gasteiger partial charge in [0.15, 0.2) is 0 Å². The van der Waals surface area contributed by atoms with E-state index in [2.05, 4.69) is 25.8 Å². The van der Waals surface area contributed by atoms with Gasteiger partial charge in [-0.15, -0.1) is 11.8 Å². The van der Waals surface area contributed by atoms with Gasteiger partial charge < -0.3 is 21.1 Å². The van der Waals surface area contributed by atoms with Crippen molar-refractivity contribution in [2.75, 3.05) is 38.5 Å². The largest absolute Gasteiger partial charge is 0.390 e. The summed E-state index contributed by atoms with van der Waals surface area (Å²) in [6.45, 7) is 15.0. The van der Waals surface area contributed by atoms with E-state index < -0.39 is 23.6 Å². The fraction of sp³-hybridized carbons (Fsp3) is 0.750. The smallest absolute Gasteiger partial charge is 0.243 e. The number of thioether (sulfide) groups is 1. The lowest BCUT2D eigenvalue weighted by molar-refractivity contribution is -0.134. The Bertz CT molecular complexity index is 1150. The molecule has 0 radical (unpaired) electrons. The van der Waals surface area contributed by atoms with Crippen molar-refractivity contribution >= 4 is 29.5 Å². The summed E-state index contributed by atoms with van der Waals surface area (Å²) in [6.07, 6.45) is 6.80. The lowest BCUT2D eigenvalue weighted by Gasteiger charge is -2.47.